The van der Waals surface area contributed by atoms with Crippen LogP contribution in [0.4, 0.5) is 4.39 Å². The van der Waals surface area contributed by atoms with E-state index in [1.165, 1.54) is 19.2 Å². The van der Waals surface area contributed by atoms with E-state index < -0.39 is 11.8 Å². The number of carbonyl (C=O) groups is 1. The van der Waals surface area contributed by atoms with Gasteiger partial charge >= 0.3 is 5.97 Å². The number of carbonyl (C=O) groups excluding carboxylic acids is 1. The summed E-state index contributed by atoms with van der Waals surface area (Å²) >= 11 is 0. The number of benzene rings is 1. The van der Waals surface area contributed by atoms with Gasteiger partial charge in [-0.1, -0.05) is 0 Å². The van der Waals surface area contributed by atoms with E-state index in [1.807, 2.05) is 0 Å². The zero-order valence-electron chi connectivity index (χ0n) is 9.23. The minimum absolute atomic E-state index is 0. The van der Waals surface area contributed by atoms with Crippen LogP contribution in [0, 0.1) is 5.82 Å². The highest BCUT2D eigenvalue weighted by atomic mass is 32.1. The Morgan fingerprint density at radius 3 is 2.82 bits per heavy atom. The van der Waals surface area contributed by atoms with Crippen LogP contribution in [0.3, 0.4) is 0 Å². The smallest absolute Gasteiger partial charge is 0.340 e. The van der Waals surface area contributed by atoms with E-state index in [0.717, 1.165) is 6.07 Å². The average molecular weight is 260 g/mol. The first kappa shape index (κ1) is 13.8. The minimum Gasteiger partial charge on any atom is -0.491 e. The topological polar surface area (TPSA) is 48.1 Å². The first-order valence-corrected chi connectivity index (χ1v) is 4.83. The van der Waals surface area contributed by atoms with Crippen LogP contribution in [0.5, 0.6) is 5.75 Å². The van der Waals surface area contributed by atoms with Crippen molar-refractivity contribution >= 4 is 19.5 Å². The van der Waals surface area contributed by atoms with Gasteiger partial charge in [0.1, 0.15) is 24.3 Å². The van der Waals surface area contributed by atoms with Gasteiger partial charge in [0.05, 0.1) is 19.3 Å². The molecule has 0 aliphatic carbocycles. The van der Waals surface area contributed by atoms with Gasteiger partial charge in [-0.15, -0.1) is 0 Å². The zero-order valence-corrected chi connectivity index (χ0v) is 10.2. The molecule has 0 spiro atoms. The second kappa shape index (κ2) is 5.88. The summed E-state index contributed by atoms with van der Waals surface area (Å²) in [5.74, 6) is -0.976. The van der Waals surface area contributed by atoms with Crippen LogP contribution in [0.2, 0.25) is 0 Å². The molecule has 0 saturated carbocycles. The lowest BCUT2D eigenvalue weighted by Crippen LogP contribution is -2.07. The van der Waals surface area contributed by atoms with Crippen molar-refractivity contribution in [2.75, 3.05) is 20.3 Å². The van der Waals surface area contributed by atoms with E-state index in [0.29, 0.717) is 19.0 Å². The number of hydrogen-bond donors (Lipinski definition) is 0. The van der Waals surface area contributed by atoms with Crippen molar-refractivity contribution in [1.29, 1.82) is 0 Å². The number of ether oxygens (including phenoxy) is 3. The third kappa shape index (κ3) is 3.61. The Labute approximate surface area is 105 Å². The molecule has 0 bridgehead atoms. The molecule has 0 radical (unpaired) electrons. The Hall–Kier alpha value is -1.27. The molecule has 0 unspecified atom stereocenters. The Bertz CT molecular complexity index is 406. The Balaban J connectivity index is 0.00000144. The molecule has 0 aromatic heterocycles. The molecule has 94 valence electrons. The van der Waals surface area contributed by atoms with Gasteiger partial charge in [-0.05, 0) is 12.1 Å². The molecule has 0 N–H and O–H groups in total. The molecule has 1 fully saturated rings. The summed E-state index contributed by atoms with van der Waals surface area (Å²) in [4.78, 5) is 11.1. The highest BCUT2D eigenvalue weighted by molar-refractivity contribution is 7.59. The third-order valence-corrected chi connectivity index (χ3v) is 2.18. The van der Waals surface area contributed by atoms with Crippen LogP contribution in [0.1, 0.15) is 10.4 Å². The summed E-state index contributed by atoms with van der Waals surface area (Å²) in [6, 6.07) is 4.02. The molecule has 0 amide bonds. The van der Waals surface area contributed by atoms with Crippen molar-refractivity contribution in [2.24, 2.45) is 0 Å². The Kier molecular flexibility index (Phi) is 4.77. The fourth-order valence-electron chi connectivity index (χ4n) is 1.21. The molecule has 6 heteroatoms. The lowest BCUT2D eigenvalue weighted by Gasteiger charge is -2.06. The van der Waals surface area contributed by atoms with Crippen LogP contribution >= 0.6 is 13.5 Å². The number of halogens is 1. The van der Waals surface area contributed by atoms with Crippen molar-refractivity contribution in [3.63, 3.8) is 0 Å². The van der Waals surface area contributed by atoms with E-state index >= 15 is 0 Å². The second-order valence-electron chi connectivity index (χ2n) is 3.40. The van der Waals surface area contributed by atoms with Crippen molar-refractivity contribution in [3.05, 3.63) is 29.6 Å². The van der Waals surface area contributed by atoms with Crippen LogP contribution in [-0.2, 0) is 9.47 Å². The van der Waals surface area contributed by atoms with Gasteiger partial charge in [-0.3, -0.25) is 0 Å². The highest BCUT2D eigenvalue weighted by Gasteiger charge is 2.23. The van der Waals surface area contributed by atoms with Crippen molar-refractivity contribution in [3.8, 4) is 5.75 Å². The zero-order chi connectivity index (χ0) is 11.5. The predicted molar refractivity (Wildman–Crippen MR) is 63.4 cm³/mol. The van der Waals surface area contributed by atoms with Gasteiger partial charge in [0.15, 0.2) is 0 Å². The Morgan fingerprint density at radius 1 is 1.59 bits per heavy atom. The van der Waals surface area contributed by atoms with Gasteiger partial charge in [0, 0.05) is 6.07 Å². The van der Waals surface area contributed by atoms with Gasteiger partial charge in [-0.2, -0.15) is 13.5 Å². The maximum Gasteiger partial charge on any atom is 0.340 e. The number of esters is 1. The SMILES string of the molecule is COC(=O)c1ccc(OC[C@@H]2CO2)cc1F.S. The monoisotopic (exact) mass is 260 g/mol. The molecular weight excluding hydrogens is 247 g/mol. The fourth-order valence-corrected chi connectivity index (χ4v) is 1.21. The van der Waals surface area contributed by atoms with Crippen molar-refractivity contribution < 1.29 is 23.4 Å². The van der Waals surface area contributed by atoms with E-state index in [-0.39, 0.29) is 25.2 Å². The Morgan fingerprint density at radius 2 is 2.29 bits per heavy atom. The van der Waals surface area contributed by atoms with E-state index in [9.17, 15) is 9.18 Å². The average Bonchev–Trinajstić information content (AvgIpc) is 3.09. The summed E-state index contributed by atoms with van der Waals surface area (Å²) in [5.41, 5.74) is -0.0995. The van der Waals surface area contributed by atoms with Gasteiger partial charge in [0.25, 0.3) is 0 Å². The number of hydrogen-bond acceptors (Lipinski definition) is 4. The lowest BCUT2D eigenvalue weighted by atomic mass is 10.2. The molecule has 2 rings (SSSR count). The third-order valence-electron chi connectivity index (χ3n) is 2.18. The van der Waals surface area contributed by atoms with Crippen LogP contribution in [-0.4, -0.2) is 32.4 Å². The molecule has 17 heavy (non-hydrogen) atoms. The summed E-state index contributed by atoms with van der Waals surface area (Å²) in [6.45, 7) is 1.08. The summed E-state index contributed by atoms with van der Waals surface area (Å²) in [5, 5.41) is 0. The summed E-state index contributed by atoms with van der Waals surface area (Å²) < 4.78 is 28.0. The highest BCUT2D eigenvalue weighted by Crippen LogP contribution is 2.19. The van der Waals surface area contributed by atoms with Crippen molar-refractivity contribution in [2.45, 2.75) is 6.10 Å². The van der Waals surface area contributed by atoms with Crippen LogP contribution in [0.25, 0.3) is 0 Å². The number of methoxy groups -OCH3 is 1. The molecule has 1 atom stereocenters. The molecule has 1 aromatic carbocycles. The van der Waals surface area contributed by atoms with E-state index in [4.69, 9.17) is 9.47 Å². The normalized spacial score (nSPS) is 16.9. The van der Waals surface area contributed by atoms with E-state index in [1.54, 1.807) is 0 Å². The van der Waals surface area contributed by atoms with Gasteiger partial charge < -0.3 is 14.2 Å². The maximum absolute atomic E-state index is 13.4. The quantitative estimate of drug-likeness (QED) is 0.608. The van der Waals surface area contributed by atoms with Crippen LogP contribution < -0.4 is 4.74 Å². The second-order valence-corrected chi connectivity index (χ2v) is 3.40. The number of epoxide rings is 1. The summed E-state index contributed by atoms with van der Waals surface area (Å²) in [6.07, 6.45) is 0.114. The molecular formula is C11H13FO4S. The molecule has 1 aromatic rings. The molecule has 1 aliphatic rings. The van der Waals surface area contributed by atoms with Crippen LogP contribution in [0.15, 0.2) is 18.2 Å². The van der Waals surface area contributed by atoms with Gasteiger partial charge in [-0.25, -0.2) is 9.18 Å². The first-order valence-electron chi connectivity index (χ1n) is 4.83. The first-order chi connectivity index (χ1) is 7.70. The minimum atomic E-state index is -0.699. The summed E-state index contributed by atoms with van der Waals surface area (Å²) in [7, 11) is 1.20. The predicted octanol–water partition coefficient (Wildman–Crippen LogP) is 1.50. The molecule has 4 nitrogen and oxygen atoms in total. The van der Waals surface area contributed by atoms with Crippen molar-refractivity contribution in [1.82, 2.24) is 0 Å². The lowest BCUT2D eigenvalue weighted by molar-refractivity contribution is 0.0595. The van der Waals surface area contributed by atoms with E-state index in [2.05, 4.69) is 4.74 Å². The van der Waals surface area contributed by atoms with Gasteiger partial charge in [0.2, 0.25) is 0 Å². The molecule has 1 heterocycles. The number of rotatable bonds is 4. The fraction of sp³-hybridized carbons (Fsp3) is 0.364. The molecule has 1 aliphatic heterocycles. The largest absolute Gasteiger partial charge is 0.491 e. The standard InChI is InChI=1S/C11H11FO4.H2S/c1-14-11(13)9-3-2-7(4-10(9)12)15-5-8-6-16-8;/h2-4,8H,5-6H2,1H3;1H2/t8-;/m1./s1. The molecule has 1 saturated heterocycles. The maximum atomic E-state index is 13.4.